The number of rotatable bonds is 1. The Morgan fingerprint density at radius 3 is 2.33 bits per heavy atom. The van der Waals surface area contributed by atoms with E-state index in [2.05, 4.69) is 20.8 Å². The predicted octanol–water partition coefficient (Wildman–Crippen LogP) is 2.41. The van der Waals surface area contributed by atoms with Gasteiger partial charge in [0, 0.05) is 0 Å². The van der Waals surface area contributed by atoms with E-state index in [9.17, 15) is 0 Å². The number of nitrogens with two attached hydrogens (primary N) is 1. The van der Waals surface area contributed by atoms with Crippen molar-refractivity contribution in [2.45, 2.75) is 40.0 Å². The van der Waals surface area contributed by atoms with Crippen LogP contribution in [0, 0.1) is 22.7 Å². The van der Waals surface area contributed by atoms with Crippen LogP contribution in [0.5, 0.6) is 0 Å². The van der Waals surface area contributed by atoms with Crippen LogP contribution in [0.3, 0.4) is 0 Å². The average Bonchev–Trinajstić information content (AvgIpc) is 2.55. The molecule has 1 spiro atoms. The summed E-state index contributed by atoms with van der Waals surface area (Å²) in [5, 5.41) is 0. The molecule has 0 aromatic rings. The van der Waals surface area contributed by atoms with Crippen molar-refractivity contribution in [1.29, 1.82) is 0 Å². The van der Waals surface area contributed by atoms with Crippen molar-refractivity contribution < 1.29 is 0 Å². The van der Waals surface area contributed by atoms with E-state index in [1.807, 2.05) is 0 Å². The number of hydrogen-bond acceptors (Lipinski definition) is 1. The van der Waals surface area contributed by atoms with Gasteiger partial charge in [-0.05, 0) is 48.5 Å². The van der Waals surface area contributed by atoms with Crippen LogP contribution in [-0.2, 0) is 0 Å². The molecule has 0 amide bonds. The molecule has 1 heteroatoms. The molecule has 0 heterocycles. The maximum Gasteiger partial charge on any atom is -0.00432 e. The van der Waals surface area contributed by atoms with Crippen molar-refractivity contribution in [3.8, 4) is 0 Å². The summed E-state index contributed by atoms with van der Waals surface area (Å²) < 4.78 is 0. The van der Waals surface area contributed by atoms with E-state index < -0.39 is 0 Å². The average molecular weight is 167 g/mol. The molecule has 0 aromatic carbocycles. The maximum absolute atomic E-state index is 5.74. The van der Waals surface area contributed by atoms with Crippen LogP contribution in [0.15, 0.2) is 0 Å². The van der Waals surface area contributed by atoms with Crippen molar-refractivity contribution in [3.63, 3.8) is 0 Å². The van der Waals surface area contributed by atoms with E-state index in [-0.39, 0.29) is 0 Å². The molecule has 3 unspecified atom stereocenters. The smallest absolute Gasteiger partial charge is 0.00432 e. The molecule has 12 heavy (non-hydrogen) atoms. The summed E-state index contributed by atoms with van der Waals surface area (Å²) in [5.74, 6) is 1.77. The molecule has 2 aliphatic rings. The Hall–Kier alpha value is -0.0400. The highest BCUT2D eigenvalue weighted by atomic mass is 14.7. The Bertz CT molecular complexity index is 197. The fourth-order valence-electron chi connectivity index (χ4n) is 3.71. The highest BCUT2D eigenvalue weighted by molar-refractivity contribution is 5.12. The van der Waals surface area contributed by atoms with Gasteiger partial charge in [-0.3, -0.25) is 0 Å². The van der Waals surface area contributed by atoms with Gasteiger partial charge in [0.1, 0.15) is 0 Å². The minimum Gasteiger partial charge on any atom is -0.330 e. The Kier molecular flexibility index (Phi) is 1.61. The fourth-order valence-corrected chi connectivity index (χ4v) is 3.71. The maximum atomic E-state index is 5.74. The molecule has 3 atom stereocenters. The van der Waals surface area contributed by atoms with E-state index >= 15 is 0 Å². The van der Waals surface area contributed by atoms with Gasteiger partial charge in [0.15, 0.2) is 0 Å². The molecule has 0 aromatic heterocycles. The topological polar surface area (TPSA) is 26.0 Å². The van der Waals surface area contributed by atoms with Crippen molar-refractivity contribution in [2.75, 3.05) is 6.54 Å². The first-order chi connectivity index (χ1) is 5.50. The molecule has 2 aliphatic carbocycles. The molecule has 0 bridgehead atoms. The van der Waals surface area contributed by atoms with Crippen LogP contribution in [0.1, 0.15) is 40.0 Å². The van der Waals surface area contributed by atoms with Gasteiger partial charge < -0.3 is 5.73 Å². The van der Waals surface area contributed by atoms with Gasteiger partial charge in [-0.2, -0.15) is 0 Å². The van der Waals surface area contributed by atoms with E-state index in [4.69, 9.17) is 5.73 Å². The van der Waals surface area contributed by atoms with E-state index in [1.54, 1.807) is 0 Å². The first-order valence-electron chi connectivity index (χ1n) is 5.20. The van der Waals surface area contributed by atoms with Gasteiger partial charge in [-0.25, -0.2) is 0 Å². The molecule has 70 valence electrons. The summed E-state index contributed by atoms with van der Waals surface area (Å²) >= 11 is 0. The molecular weight excluding hydrogens is 146 g/mol. The van der Waals surface area contributed by atoms with Crippen molar-refractivity contribution in [2.24, 2.45) is 28.4 Å². The van der Waals surface area contributed by atoms with Gasteiger partial charge in [0.25, 0.3) is 0 Å². The molecular formula is C11H21N. The lowest BCUT2D eigenvalue weighted by atomic mass is 9.89. The minimum atomic E-state index is 0.587. The van der Waals surface area contributed by atoms with Crippen LogP contribution in [-0.4, -0.2) is 6.54 Å². The molecule has 0 saturated heterocycles. The molecule has 1 nitrogen and oxygen atoms in total. The van der Waals surface area contributed by atoms with E-state index in [0.717, 1.165) is 18.4 Å². The lowest BCUT2D eigenvalue weighted by molar-refractivity contribution is 0.336. The summed E-state index contributed by atoms with van der Waals surface area (Å²) in [6, 6.07) is 0. The zero-order valence-corrected chi connectivity index (χ0v) is 8.56. The minimum absolute atomic E-state index is 0.587. The van der Waals surface area contributed by atoms with Gasteiger partial charge >= 0.3 is 0 Å². The van der Waals surface area contributed by atoms with Gasteiger partial charge in [0.05, 0.1) is 0 Å². The molecule has 0 radical (unpaired) electrons. The first-order valence-corrected chi connectivity index (χ1v) is 5.20. The zero-order chi connectivity index (χ0) is 8.98. The SMILES string of the molecule is CC1CC(C)(C)CC12CC2CN. The lowest BCUT2D eigenvalue weighted by Gasteiger charge is -2.17. The zero-order valence-electron chi connectivity index (χ0n) is 8.56. The molecule has 2 rings (SSSR count). The molecule has 2 saturated carbocycles. The monoisotopic (exact) mass is 167 g/mol. The molecule has 2 N–H and O–H groups in total. The van der Waals surface area contributed by atoms with Gasteiger partial charge in [0.2, 0.25) is 0 Å². The Morgan fingerprint density at radius 1 is 1.33 bits per heavy atom. The fraction of sp³-hybridized carbons (Fsp3) is 1.00. The lowest BCUT2D eigenvalue weighted by Crippen LogP contribution is -2.14. The Labute approximate surface area is 75.7 Å². The highest BCUT2D eigenvalue weighted by Gasteiger charge is 2.62. The molecule has 0 aliphatic heterocycles. The van der Waals surface area contributed by atoms with Crippen molar-refractivity contribution >= 4 is 0 Å². The van der Waals surface area contributed by atoms with E-state index in [1.165, 1.54) is 19.3 Å². The summed E-state index contributed by atoms with van der Waals surface area (Å²) in [5.41, 5.74) is 7.00. The summed E-state index contributed by atoms with van der Waals surface area (Å²) in [7, 11) is 0. The second-order valence-electron chi connectivity index (χ2n) is 5.82. The second-order valence-corrected chi connectivity index (χ2v) is 5.82. The van der Waals surface area contributed by atoms with Gasteiger partial charge in [-0.1, -0.05) is 20.8 Å². The normalized spacial score (nSPS) is 50.0. The predicted molar refractivity (Wildman–Crippen MR) is 51.8 cm³/mol. The summed E-state index contributed by atoms with van der Waals surface area (Å²) in [6.07, 6.45) is 4.24. The van der Waals surface area contributed by atoms with Crippen LogP contribution >= 0.6 is 0 Å². The van der Waals surface area contributed by atoms with Crippen molar-refractivity contribution in [3.05, 3.63) is 0 Å². The molecule has 2 fully saturated rings. The third-order valence-corrected chi connectivity index (χ3v) is 4.21. The number of hydrogen-bond donors (Lipinski definition) is 1. The van der Waals surface area contributed by atoms with Crippen LogP contribution in [0.4, 0.5) is 0 Å². The highest BCUT2D eigenvalue weighted by Crippen LogP contribution is 2.69. The second kappa shape index (κ2) is 2.25. The van der Waals surface area contributed by atoms with E-state index in [0.29, 0.717) is 10.8 Å². The third-order valence-electron chi connectivity index (χ3n) is 4.21. The van der Waals surface area contributed by atoms with Gasteiger partial charge in [-0.15, -0.1) is 0 Å². The third kappa shape index (κ3) is 1.02. The van der Waals surface area contributed by atoms with Crippen LogP contribution in [0.2, 0.25) is 0 Å². The largest absolute Gasteiger partial charge is 0.330 e. The van der Waals surface area contributed by atoms with Crippen LogP contribution in [0.25, 0.3) is 0 Å². The first kappa shape index (κ1) is 8.55. The Balaban J connectivity index is 2.11. The Morgan fingerprint density at radius 2 is 2.00 bits per heavy atom. The summed E-state index contributed by atoms with van der Waals surface area (Å²) in [4.78, 5) is 0. The standard InChI is InChI=1S/C11H21N/c1-8-4-10(2,3)7-11(8)5-9(11)6-12/h8-9H,4-7,12H2,1-3H3. The van der Waals surface area contributed by atoms with Crippen molar-refractivity contribution in [1.82, 2.24) is 0 Å². The summed E-state index contributed by atoms with van der Waals surface area (Å²) in [6.45, 7) is 8.15. The quantitative estimate of drug-likeness (QED) is 0.637. The van der Waals surface area contributed by atoms with Crippen LogP contribution < -0.4 is 5.73 Å².